The molecule has 11 heteroatoms. The van der Waals surface area contributed by atoms with Crippen LogP contribution in [0.2, 0.25) is 0 Å². The van der Waals surface area contributed by atoms with Gasteiger partial charge in [0.15, 0.2) is 0 Å². The Balaban J connectivity index is 1.42. The number of rotatable bonds is 8. The maximum Gasteiger partial charge on any atom is 0.417 e. The van der Waals surface area contributed by atoms with Gasteiger partial charge in [-0.3, -0.25) is 4.79 Å². The number of H-pyrrole nitrogens is 1. The number of ether oxygens (including phenoxy) is 2. The van der Waals surface area contributed by atoms with Gasteiger partial charge >= 0.3 is 6.09 Å². The molecule has 3 aromatic rings. The molecule has 11 nitrogen and oxygen atoms in total. The molecule has 2 aliphatic rings. The van der Waals surface area contributed by atoms with Crippen LogP contribution < -0.4 is 20.5 Å². The quantitative estimate of drug-likeness (QED) is 0.484. The molecule has 1 aliphatic carbocycles. The van der Waals surface area contributed by atoms with Gasteiger partial charge in [0.1, 0.15) is 24.3 Å². The van der Waals surface area contributed by atoms with E-state index in [4.69, 9.17) is 9.47 Å². The van der Waals surface area contributed by atoms with Crippen LogP contribution in [-0.2, 0) is 4.74 Å². The highest BCUT2D eigenvalue weighted by Gasteiger charge is 2.35. The van der Waals surface area contributed by atoms with Crippen molar-refractivity contribution >= 4 is 28.9 Å². The molecule has 1 saturated carbocycles. The highest BCUT2D eigenvalue weighted by atomic mass is 16.6. The van der Waals surface area contributed by atoms with Crippen LogP contribution in [-0.4, -0.2) is 45.3 Å². The van der Waals surface area contributed by atoms with Gasteiger partial charge < -0.3 is 19.8 Å². The third kappa shape index (κ3) is 4.66. The second kappa shape index (κ2) is 9.45. The number of aromatic amines is 1. The predicted octanol–water partition coefficient (Wildman–Crippen LogP) is 3.59. The second-order valence-corrected chi connectivity index (χ2v) is 9.24. The summed E-state index contributed by atoms with van der Waals surface area (Å²) in [5, 5.41) is 13.5. The first-order valence-corrected chi connectivity index (χ1v) is 12.0. The number of cyclic esters (lactones) is 1. The second-order valence-electron chi connectivity index (χ2n) is 9.24. The molecule has 36 heavy (non-hydrogen) atoms. The van der Waals surface area contributed by atoms with Gasteiger partial charge in [0.2, 0.25) is 11.9 Å². The third-order valence-corrected chi connectivity index (χ3v) is 6.46. The number of hydrogen-bond acceptors (Lipinski definition) is 9. The Kier molecular flexibility index (Phi) is 6.18. The summed E-state index contributed by atoms with van der Waals surface area (Å²) in [6, 6.07) is 6.73. The van der Waals surface area contributed by atoms with Crippen molar-refractivity contribution in [2.24, 2.45) is 5.92 Å². The van der Waals surface area contributed by atoms with E-state index in [0.29, 0.717) is 52.5 Å². The molecule has 5 rings (SSSR count). The summed E-state index contributed by atoms with van der Waals surface area (Å²) in [6.45, 7) is 6.33. The van der Waals surface area contributed by atoms with Gasteiger partial charge in [-0.1, -0.05) is 6.92 Å². The van der Waals surface area contributed by atoms with E-state index in [1.54, 1.807) is 25.1 Å². The molecule has 1 aromatic carbocycles. The zero-order valence-corrected chi connectivity index (χ0v) is 20.4. The van der Waals surface area contributed by atoms with Crippen molar-refractivity contribution in [2.75, 3.05) is 23.4 Å². The number of hydrogen-bond donors (Lipinski definition) is 2. The molecule has 0 spiro atoms. The fraction of sp³-hybridized carbons (Fsp3) is 0.440. The van der Waals surface area contributed by atoms with Crippen LogP contribution in [0.1, 0.15) is 56.1 Å². The topological polar surface area (TPSA) is 146 Å². The molecule has 1 aliphatic heterocycles. The van der Waals surface area contributed by atoms with E-state index in [1.165, 1.54) is 4.90 Å². The minimum absolute atomic E-state index is 0.152. The lowest BCUT2D eigenvalue weighted by Gasteiger charge is -2.20. The number of pyridine rings is 1. The normalized spacial score (nSPS) is 18.1. The largest absolute Gasteiger partial charge is 0.492 e. The van der Waals surface area contributed by atoms with Gasteiger partial charge in [0.05, 0.1) is 29.8 Å². The van der Waals surface area contributed by atoms with Crippen LogP contribution in [0.3, 0.4) is 0 Å². The van der Waals surface area contributed by atoms with Crippen molar-refractivity contribution in [1.29, 1.82) is 5.26 Å². The molecule has 0 unspecified atom stereocenters. The van der Waals surface area contributed by atoms with E-state index >= 15 is 0 Å². The Morgan fingerprint density at radius 3 is 2.81 bits per heavy atom. The number of anilines is 2. The Hall–Kier alpha value is -4.20. The fourth-order valence-corrected chi connectivity index (χ4v) is 4.19. The summed E-state index contributed by atoms with van der Waals surface area (Å²) in [5.74, 6) is 1.89. The molecule has 1 saturated heterocycles. The van der Waals surface area contributed by atoms with E-state index in [2.05, 4.69) is 31.3 Å². The van der Waals surface area contributed by atoms with E-state index in [1.807, 2.05) is 13.8 Å². The van der Waals surface area contributed by atoms with Crippen molar-refractivity contribution in [3.63, 3.8) is 0 Å². The van der Waals surface area contributed by atoms with Gasteiger partial charge in [0.25, 0.3) is 5.56 Å². The minimum Gasteiger partial charge on any atom is -0.492 e. The first kappa shape index (κ1) is 23.5. The van der Waals surface area contributed by atoms with Crippen molar-refractivity contribution in [2.45, 2.75) is 52.1 Å². The number of benzene rings is 1. The molecular weight excluding hydrogens is 462 g/mol. The highest BCUT2D eigenvalue weighted by Crippen LogP contribution is 2.32. The SMILES string of the molecule is CC[C@H]1COC(=O)N1c1nc(C)nc(N[C@@H](C)c2cc3cc(C#N)c(OCC4CC4)cc3[nH]c2=O)n1. The number of fused-ring (bicyclic) bond motifs is 1. The van der Waals surface area contributed by atoms with Crippen LogP contribution in [0.15, 0.2) is 23.0 Å². The van der Waals surface area contributed by atoms with E-state index in [0.717, 1.165) is 12.8 Å². The Morgan fingerprint density at radius 2 is 2.08 bits per heavy atom. The van der Waals surface area contributed by atoms with E-state index in [9.17, 15) is 14.9 Å². The molecule has 186 valence electrons. The standard InChI is InChI=1S/C25H27N7O4/c1-4-18-12-36-25(34)32(18)24-29-14(3)28-23(31-24)27-13(2)19-8-16-7-17(10-26)21(35-11-15-5-6-15)9-20(16)30-22(19)33/h7-9,13,15,18H,4-6,11-12H2,1-3H3,(H,30,33)(H,27,28,29,31)/t13-,18-/m0/s1. The predicted molar refractivity (Wildman–Crippen MR) is 132 cm³/mol. The van der Waals surface area contributed by atoms with Crippen LogP contribution in [0, 0.1) is 24.2 Å². The van der Waals surface area contributed by atoms with Crippen molar-refractivity contribution in [3.05, 3.63) is 45.5 Å². The minimum atomic E-state index is -0.494. The highest BCUT2D eigenvalue weighted by molar-refractivity contribution is 5.88. The molecule has 2 aromatic heterocycles. The number of nitriles is 1. The average Bonchev–Trinajstić information content (AvgIpc) is 3.60. The molecule has 3 heterocycles. The first-order chi connectivity index (χ1) is 17.4. The van der Waals surface area contributed by atoms with E-state index in [-0.39, 0.29) is 30.1 Å². The number of nitrogens with one attached hydrogen (secondary N) is 2. The van der Waals surface area contributed by atoms with Crippen LogP contribution in [0.25, 0.3) is 10.9 Å². The maximum atomic E-state index is 13.0. The Bertz CT molecular complexity index is 1430. The number of aryl methyl sites for hydroxylation is 1. The summed E-state index contributed by atoms with van der Waals surface area (Å²) >= 11 is 0. The number of nitrogens with zero attached hydrogens (tertiary/aromatic N) is 5. The number of carbonyl (C=O) groups excluding carboxylic acids is 1. The molecular formula is C25H27N7O4. The van der Waals surface area contributed by atoms with Crippen molar-refractivity contribution in [1.82, 2.24) is 19.9 Å². The average molecular weight is 490 g/mol. The first-order valence-electron chi connectivity index (χ1n) is 12.0. The summed E-state index contributed by atoms with van der Waals surface area (Å²) in [4.78, 5) is 42.6. The zero-order chi connectivity index (χ0) is 25.4. The summed E-state index contributed by atoms with van der Waals surface area (Å²) < 4.78 is 11.0. The monoisotopic (exact) mass is 489 g/mol. The van der Waals surface area contributed by atoms with Gasteiger partial charge in [-0.25, -0.2) is 9.69 Å². The van der Waals surface area contributed by atoms with Crippen molar-refractivity contribution in [3.8, 4) is 11.8 Å². The van der Waals surface area contributed by atoms with Gasteiger partial charge in [-0.05, 0) is 51.2 Å². The van der Waals surface area contributed by atoms with Gasteiger partial charge in [-0.2, -0.15) is 20.2 Å². The third-order valence-electron chi connectivity index (χ3n) is 6.46. The maximum absolute atomic E-state index is 13.0. The lowest BCUT2D eigenvalue weighted by atomic mass is 10.1. The van der Waals surface area contributed by atoms with Gasteiger partial charge in [0, 0.05) is 17.0 Å². The summed E-state index contributed by atoms with van der Waals surface area (Å²) in [6.07, 6.45) is 2.49. The van der Waals surface area contributed by atoms with Crippen LogP contribution in [0.5, 0.6) is 5.75 Å². The van der Waals surface area contributed by atoms with Crippen molar-refractivity contribution < 1.29 is 14.3 Å². The number of carbonyl (C=O) groups is 1. The molecule has 2 N–H and O–H groups in total. The molecule has 0 radical (unpaired) electrons. The summed E-state index contributed by atoms with van der Waals surface area (Å²) in [7, 11) is 0. The zero-order valence-electron chi connectivity index (χ0n) is 20.4. The smallest absolute Gasteiger partial charge is 0.417 e. The molecule has 0 bridgehead atoms. The Labute approximate surface area is 207 Å². The van der Waals surface area contributed by atoms with Crippen LogP contribution >= 0.6 is 0 Å². The number of amides is 1. The fourth-order valence-electron chi connectivity index (χ4n) is 4.19. The Morgan fingerprint density at radius 1 is 1.28 bits per heavy atom. The molecule has 1 amide bonds. The van der Waals surface area contributed by atoms with Crippen LogP contribution in [0.4, 0.5) is 16.7 Å². The lowest BCUT2D eigenvalue weighted by Crippen LogP contribution is -2.35. The van der Waals surface area contributed by atoms with E-state index < -0.39 is 12.1 Å². The molecule has 2 atom stereocenters. The molecule has 2 fully saturated rings. The van der Waals surface area contributed by atoms with Gasteiger partial charge in [-0.15, -0.1) is 0 Å². The number of aromatic nitrogens is 4. The summed E-state index contributed by atoms with van der Waals surface area (Å²) in [5.41, 5.74) is 1.19. The lowest BCUT2D eigenvalue weighted by molar-refractivity contribution is 0.178.